The topological polar surface area (TPSA) is 68.8 Å². The minimum atomic E-state index is -1.89. The SMILES string of the molecule is Cc1c2cc(F)c(Cl)cc2nn1[C@H](C)[C@](O)(Cn1cncn1)c1ccc(F)cc1F. The lowest BCUT2D eigenvalue weighted by atomic mass is 9.86. The van der Waals surface area contributed by atoms with Crippen molar-refractivity contribution in [1.82, 2.24) is 24.5 Å². The minimum absolute atomic E-state index is 0.0812. The molecule has 6 nitrogen and oxygen atoms in total. The molecule has 0 fully saturated rings. The monoisotopic (exact) mass is 435 g/mol. The number of rotatable bonds is 5. The molecule has 0 aliphatic heterocycles. The molecule has 0 saturated heterocycles. The Morgan fingerprint density at radius 3 is 2.60 bits per heavy atom. The van der Waals surface area contributed by atoms with Gasteiger partial charge in [0.25, 0.3) is 0 Å². The van der Waals surface area contributed by atoms with Gasteiger partial charge in [-0.15, -0.1) is 0 Å². The lowest BCUT2D eigenvalue weighted by Gasteiger charge is -2.35. The first-order valence-corrected chi connectivity index (χ1v) is 9.42. The standard InChI is InChI=1S/C20H17ClF3N5O/c1-11-14-6-18(24)16(21)7-19(14)27-29(11)12(2)20(30,8-28-10-25-9-26-28)15-4-3-13(22)5-17(15)23/h3-7,9-10,12,30H,8H2,1-2H3/t12-,20-/m1/s1. The highest BCUT2D eigenvalue weighted by Gasteiger charge is 2.41. The highest BCUT2D eigenvalue weighted by Crippen LogP contribution is 2.38. The van der Waals surface area contributed by atoms with Crippen molar-refractivity contribution in [2.24, 2.45) is 0 Å². The smallest absolute Gasteiger partial charge is 0.142 e. The predicted octanol–water partition coefficient (Wildman–Crippen LogP) is 4.16. The van der Waals surface area contributed by atoms with Crippen LogP contribution in [0.5, 0.6) is 0 Å². The van der Waals surface area contributed by atoms with E-state index < -0.39 is 29.1 Å². The molecule has 30 heavy (non-hydrogen) atoms. The molecular formula is C20H17ClF3N5O. The summed E-state index contributed by atoms with van der Waals surface area (Å²) in [5.41, 5.74) is -1.04. The lowest BCUT2D eigenvalue weighted by molar-refractivity contribution is -0.0372. The van der Waals surface area contributed by atoms with Crippen LogP contribution in [0.2, 0.25) is 5.02 Å². The summed E-state index contributed by atoms with van der Waals surface area (Å²) in [6.45, 7) is 3.16. The number of aromatic nitrogens is 5. The van der Waals surface area contributed by atoms with Crippen LogP contribution in [0.1, 0.15) is 24.2 Å². The van der Waals surface area contributed by atoms with E-state index in [0.717, 1.165) is 6.07 Å². The molecule has 4 aromatic rings. The molecular weight excluding hydrogens is 419 g/mol. The van der Waals surface area contributed by atoms with Gasteiger partial charge in [-0.05, 0) is 32.0 Å². The molecule has 10 heteroatoms. The summed E-state index contributed by atoms with van der Waals surface area (Å²) in [5.74, 6) is -2.27. The van der Waals surface area contributed by atoms with Gasteiger partial charge in [-0.2, -0.15) is 10.2 Å². The van der Waals surface area contributed by atoms with E-state index in [0.29, 0.717) is 22.7 Å². The maximum atomic E-state index is 14.7. The van der Waals surface area contributed by atoms with Crippen molar-refractivity contribution in [3.63, 3.8) is 0 Å². The van der Waals surface area contributed by atoms with Gasteiger partial charge in [0.1, 0.15) is 35.7 Å². The van der Waals surface area contributed by atoms with Gasteiger partial charge in [0.05, 0.1) is 23.1 Å². The molecule has 0 aliphatic rings. The third-order valence-electron chi connectivity index (χ3n) is 5.31. The van der Waals surface area contributed by atoms with Gasteiger partial charge in [0.2, 0.25) is 0 Å². The van der Waals surface area contributed by atoms with Crippen molar-refractivity contribution >= 4 is 22.5 Å². The van der Waals surface area contributed by atoms with Crippen molar-refractivity contribution in [2.45, 2.75) is 32.0 Å². The Labute approximate surface area is 174 Å². The summed E-state index contributed by atoms with van der Waals surface area (Å²) < 4.78 is 45.0. The number of aryl methyl sites for hydroxylation is 1. The van der Waals surface area contributed by atoms with Crippen LogP contribution in [0.3, 0.4) is 0 Å². The number of aliphatic hydroxyl groups is 1. The molecule has 2 atom stereocenters. The van der Waals surface area contributed by atoms with Crippen LogP contribution in [0, 0.1) is 24.4 Å². The number of benzene rings is 2. The van der Waals surface area contributed by atoms with Crippen LogP contribution in [-0.4, -0.2) is 29.7 Å². The molecule has 0 bridgehead atoms. The Morgan fingerprint density at radius 2 is 1.93 bits per heavy atom. The van der Waals surface area contributed by atoms with Crippen LogP contribution in [0.4, 0.5) is 13.2 Å². The molecule has 156 valence electrons. The molecule has 1 N–H and O–H groups in total. The number of hydrogen-bond acceptors (Lipinski definition) is 4. The van der Waals surface area contributed by atoms with E-state index in [-0.39, 0.29) is 17.1 Å². The van der Waals surface area contributed by atoms with Crippen molar-refractivity contribution in [3.8, 4) is 0 Å². The van der Waals surface area contributed by atoms with E-state index in [1.165, 1.54) is 40.2 Å². The quantitative estimate of drug-likeness (QED) is 0.511. The van der Waals surface area contributed by atoms with Crippen molar-refractivity contribution in [2.75, 3.05) is 0 Å². The Bertz CT molecular complexity index is 1230. The van der Waals surface area contributed by atoms with Gasteiger partial charge in [0, 0.05) is 22.7 Å². The maximum Gasteiger partial charge on any atom is 0.142 e. The Kier molecular flexibility index (Phi) is 5.03. The van der Waals surface area contributed by atoms with Gasteiger partial charge in [-0.25, -0.2) is 22.8 Å². The number of fused-ring (bicyclic) bond motifs is 1. The third-order valence-corrected chi connectivity index (χ3v) is 5.60. The van der Waals surface area contributed by atoms with Gasteiger partial charge < -0.3 is 5.11 Å². The van der Waals surface area contributed by atoms with Crippen LogP contribution in [0.25, 0.3) is 10.9 Å². The summed E-state index contributed by atoms with van der Waals surface area (Å²) in [6, 6.07) is 4.76. The molecule has 2 aromatic carbocycles. The first-order chi connectivity index (χ1) is 14.2. The Balaban J connectivity index is 1.88. The third kappa shape index (κ3) is 3.33. The van der Waals surface area contributed by atoms with Crippen molar-refractivity contribution in [1.29, 1.82) is 0 Å². The van der Waals surface area contributed by atoms with Gasteiger partial charge in [0.15, 0.2) is 0 Å². The molecule has 0 spiro atoms. The summed E-state index contributed by atoms with van der Waals surface area (Å²) in [4.78, 5) is 3.85. The molecule has 0 radical (unpaired) electrons. The largest absolute Gasteiger partial charge is 0.381 e. The van der Waals surface area contributed by atoms with E-state index in [4.69, 9.17) is 11.6 Å². The highest BCUT2D eigenvalue weighted by atomic mass is 35.5. The zero-order chi connectivity index (χ0) is 21.6. The summed E-state index contributed by atoms with van der Waals surface area (Å²) in [6.07, 6.45) is 2.66. The van der Waals surface area contributed by atoms with E-state index in [1.54, 1.807) is 13.8 Å². The molecule has 0 saturated carbocycles. The average molecular weight is 436 g/mol. The fourth-order valence-corrected chi connectivity index (χ4v) is 3.80. The second-order valence-corrected chi connectivity index (χ2v) is 7.54. The van der Waals surface area contributed by atoms with E-state index in [1.807, 2.05) is 0 Å². The zero-order valence-corrected chi connectivity index (χ0v) is 16.8. The molecule has 2 heterocycles. The summed E-state index contributed by atoms with van der Waals surface area (Å²) in [7, 11) is 0. The average Bonchev–Trinajstić information content (AvgIpc) is 3.30. The minimum Gasteiger partial charge on any atom is -0.381 e. The van der Waals surface area contributed by atoms with E-state index >= 15 is 0 Å². The molecule has 2 aromatic heterocycles. The highest BCUT2D eigenvalue weighted by molar-refractivity contribution is 6.31. The second-order valence-electron chi connectivity index (χ2n) is 7.13. The van der Waals surface area contributed by atoms with Crippen LogP contribution >= 0.6 is 11.6 Å². The van der Waals surface area contributed by atoms with Crippen LogP contribution < -0.4 is 0 Å². The first-order valence-electron chi connectivity index (χ1n) is 9.05. The van der Waals surface area contributed by atoms with Gasteiger partial charge in [-0.1, -0.05) is 17.7 Å². The molecule has 4 rings (SSSR count). The van der Waals surface area contributed by atoms with Gasteiger partial charge >= 0.3 is 0 Å². The van der Waals surface area contributed by atoms with Crippen LogP contribution in [-0.2, 0) is 12.1 Å². The second kappa shape index (κ2) is 7.41. The predicted molar refractivity (Wildman–Crippen MR) is 104 cm³/mol. The van der Waals surface area contributed by atoms with Crippen molar-refractivity contribution in [3.05, 3.63) is 76.7 Å². The Hall–Kier alpha value is -2.91. The van der Waals surface area contributed by atoms with Crippen molar-refractivity contribution < 1.29 is 18.3 Å². The lowest BCUT2D eigenvalue weighted by Crippen LogP contribution is -2.41. The maximum absolute atomic E-state index is 14.7. The van der Waals surface area contributed by atoms with Gasteiger partial charge in [-0.3, -0.25) is 4.68 Å². The number of nitrogens with zero attached hydrogens (tertiary/aromatic N) is 5. The first kappa shape index (κ1) is 20.4. The van der Waals surface area contributed by atoms with Crippen LogP contribution in [0.15, 0.2) is 43.0 Å². The summed E-state index contributed by atoms with van der Waals surface area (Å²) in [5, 5.41) is 20.6. The Morgan fingerprint density at radius 1 is 1.17 bits per heavy atom. The number of halogens is 4. The molecule has 0 aliphatic carbocycles. The molecule has 0 unspecified atom stereocenters. The van der Waals surface area contributed by atoms with E-state index in [2.05, 4.69) is 15.2 Å². The summed E-state index contributed by atoms with van der Waals surface area (Å²) >= 11 is 5.87. The normalized spacial score (nSPS) is 14.8. The molecule has 0 amide bonds. The zero-order valence-electron chi connectivity index (χ0n) is 16.0. The fraction of sp³-hybridized carbons (Fsp3) is 0.250. The van der Waals surface area contributed by atoms with E-state index in [9.17, 15) is 18.3 Å². The number of hydrogen-bond donors (Lipinski definition) is 1. The fourth-order valence-electron chi connectivity index (χ4n) is 3.65.